The number of hydrogen-bond donors (Lipinski definition) is 0. The molecule has 152 valence electrons. The van der Waals surface area contributed by atoms with Crippen LogP contribution in [-0.2, 0) is 4.79 Å². The highest BCUT2D eigenvalue weighted by atomic mass is 32.2. The number of ether oxygens (including phenoxy) is 3. The summed E-state index contributed by atoms with van der Waals surface area (Å²) in [7, 11) is 0. The number of aromatic nitrogens is 3. The smallest absolute Gasteiger partial charge is 0.247 e. The Kier molecular flexibility index (Phi) is 4.66. The van der Waals surface area contributed by atoms with Crippen molar-refractivity contribution in [3.05, 3.63) is 48.0 Å². The van der Waals surface area contributed by atoms with Crippen LogP contribution in [0.15, 0.2) is 47.6 Å². The summed E-state index contributed by atoms with van der Waals surface area (Å²) < 4.78 is 17.3. The average Bonchev–Trinajstić information content (AvgIpc) is 3.21. The quantitative estimate of drug-likeness (QED) is 0.589. The molecule has 5 rings (SSSR count). The van der Waals surface area contributed by atoms with E-state index in [0.29, 0.717) is 40.3 Å². The van der Waals surface area contributed by atoms with E-state index in [0.717, 1.165) is 11.1 Å². The normalized spacial score (nSPS) is 16.3. The maximum Gasteiger partial charge on any atom is 0.247 e. The first-order valence-corrected chi connectivity index (χ1v) is 10.7. The molecule has 30 heavy (non-hydrogen) atoms. The number of nitrogens with zero attached hydrogens (tertiary/aromatic N) is 4. The third kappa shape index (κ3) is 3.02. The monoisotopic (exact) mass is 422 g/mol. The maximum atomic E-state index is 13.1. The van der Waals surface area contributed by atoms with Crippen LogP contribution in [0.2, 0.25) is 0 Å². The van der Waals surface area contributed by atoms with Gasteiger partial charge in [0.2, 0.25) is 30.0 Å². The van der Waals surface area contributed by atoms with Crippen LogP contribution in [0.25, 0.3) is 11.3 Å². The summed E-state index contributed by atoms with van der Waals surface area (Å²) in [6.45, 7) is 1.99. The van der Waals surface area contributed by atoms with Gasteiger partial charge in [0.15, 0.2) is 17.2 Å². The van der Waals surface area contributed by atoms with Gasteiger partial charge < -0.3 is 14.2 Å². The molecule has 1 aromatic heterocycles. The molecule has 0 bridgehead atoms. The van der Waals surface area contributed by atoms with E-state index in [9.17, 15) is 4.79 Å². The molecule has 1 amide bonds. The number of benzene rings is 2. The highest BCUT2D eigenvalue weighted by Crippen LogP contribution is 2.45. The minimum Gasteiger partial charge on any atom is -0.454 e. The topological polar surface area (TPSA) is 86.7 Å². The van der Waals surface area contributed by atoms with Gasteiger partial charge in [0, 0.05) is 17.5 Å². The van der Waals surface area contributed by atoms with Crippen LogP contribution >= 0.6 is 11.8 Å². The molecule has 1 atom stereocenters. The fraction of sp³-hybridized carbons (Fsp3) is 0.238. The van der Waals surface area contributed by atoms with Crippen LogP contribution in [0.1, 0.15) is 25.1 Å². The minimum absolute atomic E-state index is 0.0871. The molecule has 0 unspecified atom stereocenters. The number of carbonyl (C=O) groups excluding carboxylic acids is 1. The Hall–Kier alpha value is -3.33. The predicted molar refractivity (Wildman–Crippen MR) is 111 cm³/mol. The van der Waals surface area contributed by atoms with Gasteiger partial charge in [-0.2, -0.15) is 4.98 Å². The summed E-state index contributed by atoms with van der Waals surface area (Å²) in [4.78, 5) is 19.3. The molecule has 0 spiro atoms. The first-order chi connectivity index (χ1) is 14.7. The number of hydrogen-bond acceptors (Lipinski definition) is 8. The molecule has 0 saturated heterocycles. The van der Waals surface area contributed by atoms with Gasteiger partial charge in [-0.1, -0.05) is 36.9 Å². The molecule has 2 aromatic carbocycles. The van der Waals surface area contributed by atoms with E-state index in [1.165, 1.54) is 11.8 Å². The van der Waals surface area contributed by atoms with E-state index in [1.54, 1.807) is 4.90 Å². The van der Waals surface area contributed by atoms with Crippen molar-refractivity contribution in [2.24, 2.45) is 0 Å². The second kappa shape index (κ2) is 7.49. The zero-order valence-corrected chi connectivity index (χ0v) is 17.2. The molecular formula is C21H18N4O4S. The molecule has 2 aliphatic heterocycles. The van der Waals surface area contributed by atoms with Gasteiger partial charge in [0.05, 0.1) is 5.69 Å². The standard InChI is InChI=1S/C21H18N4O4S/c1-3-17(26)25-14-7-5-4-6-13(14)18-19(22-21(30-2)24-23-18)29-20(25)12-8-9-15-16(10-12)28-11-27-15/h4-10,20H,3,11H2,1-2H3/t20-/m1/s1. The second-order valence-corrected chi connectivity index (χ2v) is 7.44. The van der Waals surface area contributed by atoms with Gasteiger partial charge in [-0.05, 0) is 30.5 Å². The molecule has 0 fully saturated rings. The van der Waals surface area contributed by atoms with Gasteiger partial charge in [0.1, 0.15) is 0 Å². The highest BCUT2D eigenvalue weighted by molar-refractivity contribution is 7.98. The van der Waals surface area contributed by atoms with Crippen molar-refractivity contribution in [1.29, 1.82) is 0 Å². The highest BCUT2D eigenvalue weighted by Gasteiger charge is 2.36. The van der Waals surface area contributed by atoms with Gasteiger partial charge in [0.25, 0.3) is 0 Å². The summed E-state index contributed by atoms with van der Waals surface area (Å²) >= 11 is 1.37. The molecule has 3 heterocycles. The number of thioether (sulfide) groups is 1. The summed E-state index contributed by atoms with van der Waals surface area (Å²) in [6.07, 6.45) is 1.43. The van der Waals surface area contributed by atoms with Crippen LogP contribution in [0, 0.1) is 0 Å². The Bertz CT molecular complexity index is 1140. The number of para-hydroxylation sites is 1. The fourth-order valence-corrected chi connectivity index (χ4v) is 3.82. The van der Waals surface area contributed by atoms with Crippen molar-refractivity contribution >= 4 is 23.4 Å². The van der Waals surface area contributed by atoms with E-state index < -0.39 is 6.23 Å². The van der Waals surface area contributed by atoms with Crippen LogP contribution in [0.4, 0.5) is 5.69 Å². The predicted octanol–water partition coefficient (Wildman–Crippen LogP) is 3.82. The molecule has 0 N–H and O–H groups in total. The molecule has 8 nitrogen and oxygen atoms in total. The van der Waals surface area contributed by atoms with Crippen LogP contribution < -0.4 is 19.1 Å². The van der Waals surface area contributed by atoms with Crippen LogP contribution in [0.5, 0.6) is 17.4 Å². The third-order valence-corrected chi connectivity index (χ3v) is 5.49. The summed E-state index contributed by atoms with van der Waals surface area (Å²) in [5, 5.41) is 9.02. The molecule has 9 heteroatoms. The lowest BCUT2D eigenvalue weighted by Gasteiger charge is -2.30. The first-order valence-electron chi connectivity index (χ1n) is 9.46. The molecule has 2 aliphatic rings. The lowest BCUT2D eigenvalue weighted by molar-refractivity contribution is -0.120. The van der Waals surface area contributed by atoms with E-state index in [2.05, 4.69) is 15.2 Å². The molecule has 0 saturated carbocycles. The zero-order valence-electron chi connectivity index (χ0n) is 16.4. The van der Waals surface area contributed by atoms with Crippen LogP contribution in [0.3, 0.4) is 0 Å². The lowest BCUT2D eigenvalue weighted by Crippen LogP contribution is -2.37. The van der Waals surface area contributed by atoms with E-state index in [1.807, 2.05) is 55.6 Å². The summed E-state index contributed by atoms with van der Waals surface area (Å²) in [6, 6.07) is 13.1. The Balaban J connectivity index is 1.73. The molecule has 0 aliphatic carbocycles. The second-order valence-electron chi connectivity index (χ2n) is 6.67. The first kappa shape index (κ1) is 18.7. The van der Waals surface area contributed by atoms with Crippen molar-refractivity contribution in [2.75, 3.05) is 17.9 Å². The molecule has 0 radical (unpaired) electrons. The van der Waals surface area contributed by atoms with Crippen LogP contribution in [-0.4, -0.2) is 34.1 Å². The van der Waals surface area contributed by atoms with Crippen molar-refractivity contribution in [3.8, 4) is 28.6 Å². The summed E-state index contributed by atoms with van der Waals surface area (Å²) in [5.74, 6) is 1.52. The maximum absolute atomic E-state index is 13.1. The van der Waals surface area contributed by atoms with Gasteiger partial charge in [-0.25, -0.2) is 0 Å². The van der Waals surface area contributed by atoms with Gasteiger partial charge in [-0.15, -0.1) is 10.2 Å². The van der Waals surface area contributed by atoms with E-state index >= 15 is 0 Å². The van der Waals surface area contributed by atoms with Gasteiger partial charge >= 0.3 is 0 Å². The Morgan fingerprint density at radius 1 is 1.17 bits per heavy atom. The molecule has 3 aromatic rings. The number of amides is 1. The zero-order chi connectivity index (χ0) is 20.7. The van der Waals surface area contributed by atoms with Crippen molar-refractivity contribution < 1.29 is 19.0 Å². The third-order valence-electron chi connectivity index (χ3n) is 4.95. The molecular weight excluding hydrogens is 404 g/mol. The lowest BCUT2D eigenvalue weighted by atomic mass is 10.1. The number of rotatable bonds is 3. The van der Waals surface area contributed by atoms with Crippen molar-refractivity contribution in [2.45, 2.75) is 24.7 Å². The minimum atomic E-state index is -0.749. The number of carbonyl (C=O) groups is 1. The van der Waals surface area contributed by atoms with Crippen molar-refractivity contribution in [3.63, 3.8) is 0 Å². The largest absolute Gasteiger partial charge is 0.454 e. The van der Waals surface area contributed by atoms with E-state index in [4.69, 9.17) is 14.2 Å². The fourth-order valence-electron chi connectivity index (χ4n) is 3.52. The van der Waals surface area contributed by atoms with Gasteiger partial charge in [-0.3, -0.25) is 9.69 Å². The van der Waals surface area contributed by atoms with E-state index in [-0.39, 0.29) is 12.7 Å². The SMILES string of the molecule is CCC(=O)N1c2ccccc2-c2nnc(SC)nc2O[C@@H]1c1ccc2c(c1)OCO2. The number of anilines is 1. The average molecular weight is 422 g/mol. The summed E-state index contributed by atoms with van der Waals surface area (Å²) in [5.41, 5.74) is 2.68. The number of fused-ring (bicyclic) bond motifs is 4. The Labute approximate surface area is 177 Å². The van der Waals surface area contributed by atoms with Crippen molar-refractivity contribution in [1.82, 2.24) is 15.2 Å². The Morgan fingerprint density at radius 3 is 2.83 bits per heavy atom. The Morgan fingerprint density at radius 2 is 2.00 bits per heavy atom.